The summed E-state index contributed by atoms with van der Waals surface area (Å²) < 4.78 is 22.1. The molecule has 5 rings (SSSR count). The molecule has 11 heteroatoms. The number of carbonyl (C=O) groups is 2. The summed E-state index contributed by atoms with van der Waals surface area (Å²) in [5.41, 5.74) is 6.89. The van der Waals surface area contributed by atoms with Crippen LogP contribution in [0.2, 0.25) is 0 Å². The van der Waals surface area contributed by atoms with Gasteiger partial charge in [-0.2, -0.15) is 4.98 Å². The Morgan fingerprint density at radius 2 is 1.69 bits per heavy atom. The van der Waals surface area contributed by atoms with Gasteiger partial charge in [0.1, 0.15) is 24.1 Å². The van der Waals surface area contributed by atoms with Gasteiger partial charge in [-0.25, -0.2) is 4.98 Å². The van der Waals surface area contributed by atoms with Gasteiger partial charge in [-0.15, -0.1) is 0 Å². The summed E-state index contributed by atoms with van der Waals surface area (Å²) >= 11 is 0. The second kappa shape index (κ2) is 9.82. The van der Waals surface area contributed by atoms with Gasteiger partial charge in [-0.05, 0) is 31.7 Å². The Bertz CT molecular complexity index is 1120. The highest BCUT2D eigenvalue weighted by molar-refractivity contribution is 5.94. The Morgan fingerprint density at radius 3 is 2.34 bits per heavy atom. The van der Waals surface area contributed by atoms with Crippen molar-refractivity contribution in [3.63, 3.8) is 0 Å². The number of ketones is 1. The number of Topliss-reactive ketones (excluding diaryl/α,β-unsaturated/α-hetero) is 1. The lowest BCUT2D eigenvalue weighted by Gasteiger charge is -2.42. The van der Waals surface area contributed by atoms with Crippen LogP contribution in [-0.4, -0.2) is 91.9 Å². The van der Waals surface area contributed by atoms with Gasteiger partial charge >= 0.3 is 0 Å². The van der Waals surface area contributed by atoms with Crippen LogP contribution in [0.4, 0.5) is 11.8 Å². The molecular weight excluding hydrogens is 454 g/mol. The van der Waals surface area contributed by atoms with E-state index in [1.165, 1.54) is 0 Å². The molecule has 11 nitrogen and oxygen atoms in total. The quantitative estimate of drug-likeness (QED) is 0.636. The number of piperazine rings is 1. The molecule has 3 aliphatic rings. The molecule has 0 spiro atoms. The van der Waals surface area contributed by atoms with Crippen LogP contribution in [0.5, 0.6) is 11.5 Å². The summed E-state index contributed by atoms with van der Waals surface area (Å²) in [6.07, 6.45) is 2.15. The van der Waals surface area contributed by atoms with Crippen molar-refractivity contribution in [1.29, 1.82) is 0 Å². The van der Waals surface area contributed by atoms with Crippen molar-refractivity contribution in [2.75, 3.05) is 57.7 Å². The molecule has 3 aliphatic heterocycles. The first-order valence-electron chi connectivity index (χ1n) is 12.0. The molecule has 0 bridgehead atoms. The molecule has 1 amide bonds. The minimum atomic E-state index is -0.644. The fraction of sp³-hybridized carbons (Fsp3) is 0.583. The smallest absolute Gasteiger partial charge is 0.251 e. The van der Waals surface area contributed by atoms with Gasteiger partial charge in [-0.3, -0.25) is 9.59 Å². The number of rotatable bonds is 6. The highest BCUT2D eigenvalue weighted by Crippen LogP contribution is 2.35. The molecule has 0 aliphatic carbocycles. The van der Waals surface area contributed by atoms with Crippen molar-refractivity contribution < 1.29 is 28.5 Å². The van der Waals surface area contributed by atoms with E-state index in [0.717, 1.165) is 12.8 Å². The molecule has 1 aromatic heterocycles. The van der Waals surface area contributed by atoms with Crippen molar-refractivity contribution >= 4 is 34.4 Å². The predicted molar refractivity (Wildman–Crippen MR) is 128 cm³/mol. The number of hydrogen-bond acceptors (Lipinski definition) is 10. The lowest BCUT2D eigenvalue weighted by atomic mass is 10.0. The number of aromatic nitrogens is 2. The van der Waals surface area contributed by atoms with Crippen molar-refractivity contribution in [3.8, 4) is 11.5 Å². The zero-order chi connectivity index (χ0) is 24.5. The Labute approximate surface area is 203 Å². The molecule has 1 aromatic carbocycles. The van der Waals surface area contributed by atoms with E-state index >= 15 is 0 Å². The van der Waals surface area contributed by atoms with E-state index in [0.29, 0.717) is 67.5 Å². The van der Waals surface area contributed by atoms with Crippen LogP contribution in [0, 0.1) is 0 Å². The van der Waals surface area contributed by atoms with Gasteiger partial charge in [0.2, 0.25) is 5.95 Å². The third-order valence-corrected chi connectivity index (χ3v) is 6.95. The zero-order valence-corrected chi connectivity index (χ0v) is 20.1. The predicted octanol–water partition coefficient (Wildman–Crippen LogP) is 1.17. The van der Waals surface area contributed by atoms with Crippen molar-refractivity contribution in [3.05, 3.63) is 12.1 Å². The number of nitrogens with zero attached hydrogens (tertiary/aromatic N) is 4. The van der Waals surface area contributed by atoms with Gasteiger partial charge < -0.3 is 34.5 Å². The van der Waals surface area contributed by atoms with Gasteiger partial charge in [-0.1, -0.05) is 0 Å². The van der Waals surface area contributed by atoms with Gasteiger partial charge in [0, 0.05) is 44.3 Å². The molecule has 188 valence electrons. The summed E-state index contributed by atoms with van der Waals surface area (Å²) in [5.74, 6) is 1.51. The van der Waals surface area contributed by atoms with E-state index in [-0.39, 0.29) is 24.1 Å². The van der Waals surface area contributed by atoms with Crippen LogP contribution in [0.25, 0.3) is 10.9 Å². The maximum atomic E-state index is 13.5. The summed E-state index contributed by atoms with van der Waals surface area (Å²) in [7, 11) is 3.10. The van der Waals surface area contributed by atoms with Crippen molar-refractivity contribution in [2.45, 2.75) is 43.9 Å². The van der Waals surface area contributed by atoms with E-state index < -0.39 is 18.2 Å². The number of hydrogen-bond donors (Lipinski definition) is 1. The lowest BCUT2D eigenvalue weighted by molar-refractivity contribution is -0.143. The van der Waals surface area contributed by atoms with E-state index in [2.05, 4.69) is 4.98 Å². The van der Waals surface area contributed by atoms with Crippen LogP contribution in [0.3, 0.4) is 0 Å². The van der Waals surface area contributed by atoms with Crippen molar-refractivity contribution in [2.24, 2.45) is 0 Å². The largest absolute Gasteiger partial charge is 0.493 e. The Kier molecular flexibility index (Phi) is 6.61. The van der Waals surface area contributed by atoms with E-state index in [9.17, 15) is 9.59 Å². The molecule has 3 fully saturated rings. The van der Waals surface area contributed by atoms with Crippen LogP contribution < -0.4 is 20.1 Å². The maximum absolute atomic E-state index is 13.5. The zero-order valence-electron chi connectivity index (χ0n) is 20.1. The van der Waals surface area contributed by atoms with E-state index in [1.54, 1.807) is 31.3 Å². The van der Waals surface area contributed by atoms with E-state index in [4.69, 9.17) is 29.7 Å². The number of nitrogens with two attached hydrogens (primary N) is 1. The molecular formula is C24H31N5O6. The number of ether oxygens (including phenoxy) is 4. The topological polar surface area (TPSA) is 129 Å². The monoisotopic (exact) mass is 485 g/mol. The van der Waals surface area contributed by atoms with E-state index in [1.807, 2.05) is 4.90 Å². The third-order valence-electron chi connectivity index (χ3n) is 6.95. The summed E-state index contributed by atoms with van der Waals surface area (Å²) in [5, 5.41) is 0.626. The molecule has 0 radical (unpaired) electrons. The second-order valence-electron chi connectivity index (χ2n) is 9.03. The van der Waals surface area contributed by atoms with Crippen LogP contribution >= 0.6 is 0 Å². The Hall–Kier alpha value is -3.18. The molecule has 3 unspecified atom stereocenters. The summed E-state index contributed by atoms with van der Waals surface area (Å²) in [4.78, 5) is 39.4. The fourth-order valence-electron chi connectivity index (χ4n) is 5.05. The second-order valence-corrected chi connectivity index (χ2v) is 9.03. The molecule has 35 heavy (non-hydrogen) atoms. The normalized spacial score (nSPS) is 24.7. The van der Waals surface area contributed by atoms with Gasteiger partial charge in [0.15, 0.2) is 17.3 Å². The highest BCUT2D eigenvalue weighted by Gasteiger charge is 2.41. The number of fused-ring (bicyclic) bond motifs is 1. The first-order valence-corrected chi connectivity index (χ1v) is 12.0. The Balaban J connectivity index is 1.48. The summed E-state index contributed by atoms with van der Waals surface area (Å²) in [6.45, 7) is 2.20. The van der Waals surface area contributed by atoms with Crippen LogP contribution in [-0.2, 0) is 19.1 Å². The number of nitrogen functional groups attached to an aromatic ring is 1. The number of carbonyl (C=O) groups excluding carboxylic acids is 2. The first kappa shape index (κ1) is 23.6. The molecule has 3 saturated heterocycles. The Morgan fingerprint density at radius 1 is 1.00 bits per heavy atom. The van der Waals surface area contributed by atoms with Crippen LogP contribution in [0.1, 0.15) is 25.7 Å². The molecule has 4 heterocycles. The fourth-order valence-corrected chi connectivity index (χ4v) is 5.05. The standard InChI is InChI=1S/C24H31N5O6/c1-32-19-11-14-15(12-20(19)33-2)26-24(27-22(14)25)29-8-7-28(23(31)18-6-4-10-35-18)13-16(29)21(30)17-5-3-9-34-17/h11-12,16-18H,3-10,13H2,1-2H3,(H2,25,26,27). The molecule has 0 saturated carbocycles. The van der Waals surface area contributed by atoms with Gasteiger partial charge in [0.25, 0.3) is 5.91 Å². The molecule has 2 aromatic rings. The average Bonchev–Trinajstić information content (AvgIpc) is 3.61. The summed E-state index contributed by atoms with van der Waals surface area (Å²) in [6, 6.07) is 2.83. The SMILES string of the molecule is COc1cc2nc(N3CCN(C(=O)C4CCCO4)CC3C(=O)C3CCCO3)nc(N)c2cc1OC. The van der Waals surface area contributed by atoms with Crippen molar-refractivity contribution in [1.82, 2.24) is 14.9 Å². The molecule has 2 N–H and O–H groups in total. The minimum absolute atomic E-state index is 0.0666. The molecule has 3 atom stereocenters. The number of anilines is 2. The van der Waals surface area contributed by atoms with Gasteiger partial charge in [0.05, 0.1) is 19.7 Å². The third kappa shape index (κ3) is 4.45. The number of benzene rings is 1. The maximum Gasteiger partial charge on any atom is 0.251 e. The lowest BCUT2D eigenvalue weighted by Crippen LogP contribution is -2.61. The minimum Gasteiger partial charge on any atom is -0.493 e. The van der Waals surface area contributed by atoms with Crippen LogP contribution in [0.15, 0.2) is 12.1 Å². The number of methoxy groups -OCH3 is 2. The first-order chi connectivity index (χ1) is 17.0. The highest BCUT2D eigenvalue weighted by atomic mass is 16.5. The number of amides is 1. The average molecular weight is 486 g/mol.